The van der Waals surface area contributed by atoms with E-state index in [1.807, 2.05) is 6.92 Å². The summed E-state index contributed by atoms with van der Waals surface area (Å²) >= 11 is 1.16. The van der Waals surface area contributed by atoms with Crippen LogP contribution in [0, 0.1) is 0 Å². The largest absolute Gasteiger partial charge is 0.343 e. The van der Waals surface area contributed by atoms with Gasteiger partial charge in [-0.15, -0.1) is 5.10 Å². The molecule has 1 fully saturated rings. The monoisotopic (exact) mass is 355 g/mol. The van der Waals surface area contributed by atoms with Crippen LogP contribution in [0.3, 0.4) is 0 Å². The summed E-state index contributed by atoms with van der Waals surface area (Å²) in [6.07, 6.45) is 6.14. The fourth-order valence-electron chi connectivity index (χ4n) is 2.71. The summed E-state index contributed by atoms with van der Waals surface area (Å²) in [7, 11) is 0. The van der Waals surface area contributed by atoms with Crippen LogP contribution in [0.2, 0.25) is 0 Å². The third-order valence-corrected chi connectivity index (χ3v) is 5.09. The first-order chi connectivity index (χ1) is 11.5. The number of carbonyl (C=O) groups is 2. The molecule has 3 N–H and O–H groups in total. The summed E-state index contributed by atoms with van der Waals surface area (Å²) in [5.74, 6) is -0.396. The minimum absolute atomic E-state index is 0.149. The number of carbonyl (C=O) groups excluding carboxylic acids is 2. The van der Waals surface area contributed by atoms with Gasteiger partial charge in [-0.3, -0.25) is 14.7 Å². The van der Waals surface area contributed by atoms with E-state index >= 15 is 0 Å². The number of amides is 3. The van der Waals surface area contributed by atoms with E-state index in [0.717, 1.165) is 43.9 Å². The highest BCUT2D eigenvalue weighted by Crippen LogP contribution is 2.20. The lowest BCUT2D eigenvalue weighted by Crippen LogP contribution is -2.47. The van der Waals surface area contributed by atoms with E-state index < -0.39 is 17.2 Å². The van der Waals surface area contributed by atoms with Gasteiger partial charge < -0.3 is 5.32 Å². The molecule has 8 nitrogen and oxygen atoms in total. The van der Waals surface area contributed by atoms with E-state index in [2.05, 4.69) is 20.8 Å². The smallest absolute Gasteiger partial charge is 0.335 e. The molecule has 0 bridgehead atoms. The van der Waals surface area contributed by atoms with E-state index in [4.69, 9.17) is 0 Å². The molecule has 0 saturated heterocycles. The van der Waals surface area contributed by atoms with E-state index in [9.17, 15) is 14.4 Å². The average Bonchev–Trinajstić information content (AvgIpc) is 2.89. The number of aromatic amines is 1. The summed E-state index contributed by atoms with van der Waals surface area (Å²) in [4.78, 5) is 35.7. The van der Waals surface area contributed by atoms with Crippen LogP contribution in [0.15, 0.2) is 9.95 Å². The highest BCUT2D eigenvalue weighted by molar-refractivity contribution is 8.00. The Morgan fingerprint density at radius 3 is 2.75 bits per heavy atom. The van der Waals surface area contributed by atoms with Gasteiger partial charge >= 0.3 is 11.7 Å². The Hall–Kier alpha value is -1.77. The second-order valence-electron chi connectivity index (χ2n) is 6.02. The van der Waals surface area contributed by atoms with Crippen molar-refractivity contribution >= 4 is 23.7 Å². The maximum absolute atomic E-state index is 12.2. The highest BCUT2D eigenvalue weighted by Gasteiger charge is 2.22. The van der Waals surface area contributed by atoms with Gasteiger partial charge in [-0.25, -0.2) is 14.7 Å². The molecule has 1 unspecified atom stereocenters. The lowest BCUT2D eigenvalue weighted by atomic mass is 9.96. The summed E-state index contributed by atoms with van der Waals surface area (Å²) in [5.41, 5.74) is -0.290. The lowest BCUT2D eigenvalue weighted by molar-refractivity contribution is -0.119. The number of thioether (sulfide) groups is 1. The molecule has 0 radical (unpaired) electrons. The molecule has 1 aromatic heterocycles. The van der Waals surface area contributed by atoms with E-state index in [-0.39, 0.29) is 11.7 Å². The van der Waals surface area contributed by atoms with Crippen LogP contribution >= 0.6 is 11.8 Å². The van der Waals surface area contributed by atoms with Crippen molar-refractivity contribution in [3.63, 3.8) is 0 Å². The van der Waals surface area contributed by atoms with Gasteiger partial charge in [-0.1, -0.05) is 37.9 Å². The van der Waals surface area contributed by atoms with E-state index in [1.54, 1.807) is 6.92 Å². The molecule has 1 aliphatic carbocycles. The molecule has 1 heterocycles. The summed E-state index contributed by atoms with van der Waals surface area (Å²) < 4.78 is 1.50. The van der Waals surface area contributed by atoms with Crippen molar-refractivity contribution in [3.05, 3.63) is 10.5 Å². The maximum Gasteiger partial charge on any atom is 0.343 e. The Bertz CT molecular complexity index is 621. The number of hydrogen-bond donors (Lipinski definition) is 3. The zero-order chi connectivity index (χ0) is 17.5. The number of nitrogens with one attached hydrogen (secondary N) is 3. The predicted octanol–water partition coefficient (Wildman–Crippen LogP) is 1.62. The summed E-state index contributed by atoms with van der Waals surface area (Å²) in [6, 6.07) is -0.303. The predicted molar refractivity (Wildman–Crippen MR) is 92.0 cm³/mol. The SMILES string of the molecule is CCCn1c(SC(C)C(=O)NC(=O)NC2CCCCC2)n[nH]c1=O. The Morgan fingerprint density at radius 2 is 2.08 bits per heavy atom. The third kappa shape index (κ3) is 5.12. The van der Waals surface area contributed by atoms with Crippen molar-refractivity contribution in [3.8, 4) is 0 Å². The van der Waals surface area contributed by atoms with Crippen molar-refractivity contribution < 1.29 is 9.59 Å². The van der Waals surface area contributed by atoms with Gasteiger partial charge in [0.05, 0.1) is 5.25 Å². The molecule has 0 aromatic carbocycles. The number of urea groups is 1. The van der Waals surface area contributed by atoms with Crippen LogP contribution in [-0.2, 0) is 11.3 Å². The van der Waals surface area contributed by atoms with Crippen LogP contribution in [0.1, 0.15) is 52.4 Å². The van der Waals surface area contributed by atoms with Crippen LogP contribution < -0.4 is 16.3 Å². The molecule has 2 rings (SSSR count). The molecule has 1 aromatic rings. The minimum Gasteiger partial charge on any atom is -0.335 e. The van der Waals surface area contributed by atoms with Crippen molar-refractivity contribution in [2.24, 2.45) is 0 Å². The van der Waals surface area contributed by atoms with Crippen LogP contribution in [0.25, 0.3) is 0 Å². The fraction of sp³-hybridized carbons (Fsp3) is 0.733. The molecular formula is C15H25N5O3S. The van der Waals surface area contributed by atoms with E-state index in [1.165, 1.54) is 11.0 Å². The molecule has 0 spiro atoms. The van der Waals surface area contributed by atoms with Gasteiger partial charge in [0.1, 0.15) is 0 Å². The Morgan fingerprint density at radius 1 is 1.38 bits per heavy atom. The van der Waals surface area contributed by atoms with Crippen LogP contribution in [0.4, 0.5) is 4.79 Å². The van der Waals surface area contributed by atoms with Gasteiger partial charge in [-0.2, -0.15) is 0 Å². The number of nitrogens with zero attached hydrogens (tertiary/aromatic N) is 2. The van der Waals surface area contributed by atoms with Gasteiger partial charge in [0.15, 0.2) is 5.16 Å². The number of imide groups is 1. The van der Waals surface area contributed by atoms with Gasteiger partial charge in [-0.05, 0) is 26.2 Å². The Kier molecular flexibility index (Phi) is 6.89. The third-order valence-electron chi connectivity index (χ3n) is 4.00. The normalized spacial score (nSPS) is 16.6. The maximum atomic E-state index is 12.2. The minimum atomic E-state index is -0.534. The second-order valence-corrected chi connectivity index (χ2v) is 7.33. The molecule has 3 amide bonds. The summed E-state index contributed by atoms with van der Waals surface area (Å²) in [6.45, 7) is 4.18. The van der Waals surface area contributed by atoms with Crippen molar-refractivity contribution in [1.82, 2.24) is 25.4 Å². The molecule has 9 heteroatoms. The number of rotatable bonds is 6. The zero-order valence-electron chi connectivity index (χ0n) is 14.1. The topological polar surface area (TPSA) is 109 Å². The quantitative estimate of drug-likeness (QED) is 0.672. The first-order valence-electron chi connectivity index (χ1n) is 8.44. The Balaban J connectivity index is 1.85. The first-order valence-corrected chi connectivity index (χ1v) is 9.32. The van der Waals surface area contributed by atoms with E-state index in [0.29, 0.717) is 11.7 Å². The Labute approximate surface area is 145 Å². The van der Waals surface area contributed by atoms with Gasteiger partial charge in [0, 0.05) is 12.6 Å². The van der Waals surface area contributed by atoms with Crippen molar-refractivity contribution in [2.75, 3.05) is 0 Å². The second kappa shape index (κ2) is 8.91. The zero-order valence-corrected chi connectivity index (χ0v) is 14.9. The van der Waals surface area contributed by atoms with Gasteiger partial charge in [0.25, 0.3) is 0 Å². The van der Waals surface area contributed by atoms with Gasteiger partial charge in [0.2, 0.25) is 5.91 Å². The number of H-pyrrole nitrogens is 1. The van der Waals surface area contributed by atoms with Crippen LogP contribution in [-0.4, -0.2) is 38.0 Å². The number of aromatic nitrogens is 3. The molecule has 0 aliphatic heterocycles. The fourth-order valence-corrected chi connectivity index (χ4v) is 3.59. The highest BCUT2D eigenvalue weighted by atomic mass is 32.2. The molecule has 1 aliphatic rings. The molecule has 1 saturated carbocycles. The molecule has 24 heavy (non-hydrogen) atoms. The number of hydrogen-bond acceptors (Lipinski definition) is 5. The summed E-state index contributed by atoms with van der Waals surface area (Å²) in [5, 5.41) is 11.5. The first kappa shape index (κ1) is 18.6. The van der Waals surface area contributed by atoms with Crippen molar-refractivity contribution in [2.45, 2.75) is 75.4 Å². The standard InChI is InChI=1S/C15H25N5O3S/c1-3-9-20-14(23)18-19-15(20)24-10(2)12(21)17-13(22)16-11-7-5-4-6-8-11/h10-11H,3-9H2,1-2H3,(H,18,23)(H2,16,17,21,22). The van der Waals surface area contributed by atoms with Crippen molar-refractivity contribution in [1.29, 1.82) is 0 Å². The average molecular weight is 355 g/mol. The molecule has 134 valence electrons. The lowest BCUT2D eigenvalue weighted by Gasteiger charge is -2.23. The van der Waals surface area contributed by atoms with Crippen LogP contribution in [0.5, 0.6) is 0 Å². The molecule has 1 atom stereocenters. The molecular weight excluding hydrogens is 330 g/mol.